The fourth-order valence-corrected chi connectivity index (χ4v) is 1.22. The molecule has 5 nitrogen and oxygen atoms in total. The van der Waals surface area contributed by atoms with Crippen molar-refractivity contribution < 1.29 is 14.7 Å². The molecule has 0 fully saturated rings. The fraction of sp³-hybridized carbons (Fsp3) is 0.667. The Morgan fingerprint density at radius 3 is 2.53 bits per heavy atom. The molecule has 0 aromatic rings. The summed E-state index contributed by atoms with van der Waals surface area (Å²) in [4.78, 5) is 21.9. The lowest BCUT2D eigenvalue weighted by molar-refractivity contribution is -0.141. The van der Waals surface area contributed by atoms with Crippen LogP contribution in [-0.4, -0.2) is 29.7 Å². The van der Waals surface area contributed by atoms with Gasteiger partial charge in [-0.3, -0.25) is 4.79 Å². The second-order valence-electron chi connectivity index (χ2n) is 3.94. The standard InChI is InChI=1S/C12H20N2O3/c1-4-6-10(5-2)14-12(17)13-8-7-9(3)11(15)16/h2,9-10H,4,6-8H2,1,3H3,(H,15,16)(H2,13,14,17). The number of hydrogen-bond donors (Lipinski definition) is 3. The van der Waals surface area contributed by atoms with Crippen LogP contribution in [0.4, 0.5) is 4.79 Å². The number of hydrogen-bond acceptors (Lipinski definition) is 2. The molecule has 0 saturated carbocycles. The van der Waals surface area contributed by atoms with Crippen LogP contribution in [0.1, 0.15) is 33.1 Å². The first-order valence-corrected chi connectivity index (χ1v) is 5.74. The van der Waals surface area contributed by atoms with E-state index in [1.807, 2.05) is 6.92 Å². The van der Waals surface area contributed by atoms with Crippen LogP contribution >= 0.6 is 0 Å². The lowest BCUT2D eigenvalue weighted by Crippen LogP contribution is -2.42. The van der Waals surface area contributed by atoms with Crippen molar-refractivity contribution in [3.05, 3.63) is 0 Å². The third-order valence-corrected chi connectivity index (χ3v) is 2.37. The molecule has 0 rings (SSSR count). The van der Waals surface area contributed by atoms with E-state index in [1.165, 1.54) is 0 Å². The van der Waals surface area contributed by atoms with Crippen molar-refractivity contribution in [1.82, 2.24) is 10.6 Å². The van der Waals surface area contributed by atoms with Crippen LogP contribution in [0.3, 0.4) is 0 Å². The maximum Gasteiger partial charge on any atom is 0.315 e. The molecule has 0 radical (unpaired) electrons. The summed E-state index contributed by atoms with van der Waals surface area (Å²) in [5.41, 5.74) is 0. The zero-order valence-electron chi connectivity index (χ0n) is 10.3. The highest BCUT2D eigenvalue weighted by Crippen LogP contribution is 1.99. The molecule has 2 unspecified atom stereocenters. The number of aliphatic carboxylic acids is 1. The molecule has 3 N–H and O–H groups in total. The summed E-state index contributed by atoms with van der Waals surface area (Å²) >= 11 is 0. The number of carboxylic acid groups (broad SMARTS) is 1. The average Bonchev–Trinajstić information content (AvgIpc) is 2.28. The minimum atomic E-state index is -0.861. The molecule has 0 aromatic carbocycles. The van der Waals surface area contributed by atoms with E-state index >= 15 is 0 Å². The number of terminal acetylenes is 1. The quantitative estimate of drug-likeness (QED) is 0.585. The van der Waals surface area contributed by atoms with Crippen LogP contribution in [-0.2, 0) is 4.79 Å². The average molecular weight is 240 g/mol. The van der Waals surface area contributed by atoms with E-state index < -0.39 is 11.9 Å². The van der Waals surface area contributed by atoms with Crippen molar-refractivity contribution >= 4 is 12.0 Å². The van der Waals surface area contributed by atoms with Gasteiger partial charge < -0.3 is 15.7 Å². The van der Waals surface area contributed by atoms with Gasteiger partial charge in [0.25, 0.3) is 0 Å². The van der Waals surface area contributed by atoms with Crippen LogP contribution < -0.4 is 10.6 Å². The van der Waals surface area contributed by atoms with Gasteiger partial charge in [0.05, 0.1) is 12.0 Å². The first-order chi connectivity index (χ1) is 8.01. The van der Waals surface area contributed by atoms with Crippen LogP contribution in [0.25, 0.3) is 0 Å². The van der Waals surface area contributed by atoms with Gasteiger partial charge in [0, 0.05) is 6.54 Å². The second-order valence-corrected chi connectivity index (χ2v) is 3.94. The molecular weight excluding hydrogens is 220 g/mol. The van der Waals surface area contributed by atoms with Crippen molar-refractivity contribution in [2.24, 2.45) is 5.92 Å². The zero-order valence-corrected chi connectivity index (χ0v) is 10.3. The molecule has 0 aromatic heterocycles. The van der Waals surface area contributed by atoms with Crippen molar-refractivity contribution in [3.8, 4) is 12.3 Å². The molecular formula is C12H20N2O3. The van der Waals surface area contributed by atoms with Gasteiger partial charge in [0.2, 0.25) is 0 Å². The maximum atomic E-state index is 11.4. The van der Waals surface area contributed by atoms with Crippen molar-refractivity contribution in [2.75, 3.05) is 6.54 Å². The molecule has 17 heavy (non-hydrogen) atoms. The fourth-order valence-electron chi connectivity index (χ4n) is 1.22. The number of carboxylic acids is 1. The summed E-state index contributed by atoms with van der Waals surface area (Å²) in [5, 5.41) is 13.9. The Balaban J connectivity index is 3.80. The summed E-state index contributed by atoms with van der Waals surface area (Å²) < 4.78 is 0. The molecule has 0 bridgehead atoms. The number of nitrogens with one attached hydrogen (secondary N) is 2. The lowest BCUT2D eigenvalue weighted by Gasteiger charge is -2.13. The molecule has 0 heterocycles. The minimum Gasteiger partial charge on any atom is -0.481 e. The van der Waals surface area contributed by atoms with Gasteiger partial charge in [0.1, 0.15) is 0 Å². The summed E-state index contributed by atoms with van der Waals surface area (Å²) in [7, 11) is 0. The topological polar surface area (TPSA) is 78.4 Å². The third kappa shape index (κ3) is 7.23. The Labute approximate surface area is 102 Å². The second kappa shape index (κ2) is 8.45. The molecule has 0 aliphatic rings. The first-order valence-electron chi connectivity index (χ1n) is 5.74. The molecule has 0 saturated heterocycles. The monoisotopic (exact) mass is 240 g/mol. The van der Waals surface area contributed by atoms with E-state index in [4.69, 9.17) is 11.5 Å². The largest absolute Gasteiger partial charge is 0.481 e. The van der Waals surface area contributed by atoms with Crippen molar-refractivity contribution in [1.29, 1.82) is 0 Å². The van der Waals surface area contributed by atoms with Crippen LogP contribution in [0.2, 0.25) is 0 Å². The Morgan fingerprint density at radius 2 is 2.06 bits per heavy atom. The molecule has 96 valence electrons. The van der Waals surface area contributed by atoms with E-state index in [2.05, 4.69) is 16.6 Å². The van der Waals surface area contributed by atoms with Crippen LogP contribution in [0.5, 0.6) is 0 Å². The SMILES string of the molecule is C#CC(CCC)NC(=O)NCCC(C)C(=O)O. The van der Waals surface area contributed by atoms with Gasteiger partial charge in [-0.25, -0.2) is 4.79 Å². The predicted octanol–water partition coefficient (Wildman–Crippen LogP) is 1.20. The molecule has 2 atom stereocenters. The maximum absolute atomic E-state index is 11.4. The Bertz CT molecular complexity index is 297. The smallest absolute Gasteiger partial charge is 0.315 e. The van der Waals surface area contributed by atoms with Crippen molar-refractivity contribution in [2.45, 2.75) is 39.2 Å². The summed E-state index contributed by atoms with van der Waals surface area (Å²) in [6.07, 6.45) is 7.28. The van der Waals surface area contributed by atoms with E-state index in [-0.39, 0.29) is 12.1 Å². The van der Waals surface area contributed by atoms with E-state index in [1.54, 1.807) is 6.92 Å². The highest BCUT2D eigenvalue weighted by molar-refractivity contribution is 5.74. The molecule has 0 aliphatic carbocycles. The number of urea groups is 1. The highest BCUT2D eigenvalue weighted by atomic mass is 16.4. The van der Waals surface area contributed by atoms with Gasteiger partial charge in [-0.1, -0.05) is 26.2 Å². The normalized spacial score (nSPS) is 13.2. The highest BCUT2D eigenvalue weighted by Gasteiger charge is 2.12. The molecule has 2 amide bonds. The summed E-state index contributed by atoms with van der Waals surface area (Å²) in [6.45, 7) is 3.91. The first kappa shape index (κ1) is 15.3. The Kier molecular flexibility index (Phi) is 7.61. The molecule has 0 spiro atoms. The van der Waals surface area contributed by atoms with E-state index in [0.29, 0.717) is 13.0 Å². The van der Waals surface area contributed by atoms with E-state index in [0.717, 1.165) is 12.8 Å². The van der Waals surface area contributed by atoms with Crippen molar-refractivity contribution in [3.63, 3.8) is 0 Å². The summed E-state index contributed by atoms with van der Waals surface area (Å²) in [5.74, 6) is 1.16. The Morgan fingerprint density at radius 1 is 1.41 bits per heavy atom. The molecule has 5 heteroatoms. The predicted molar refractivity (Wildman–Crippen MR) is 65.5 cm³/mol. The number of rotatable bonds is 7. The zero-order chi connectivity index (χ0) is 13.3. The van der Waals surface area contributed by atoms with Gasteiger partial charge >= 0.3 is 12.0 Å². The lowest BCUT2D eigenvalue weighted by atomic mass is 10.1. The Hall–Kier alpha value is -1.70. The van der Waals surface area contributed by atoms with Crippen LogP contribution in [0, 0.1) is 18.3 Å². The van der Waals surface area contributed by atoms with Gasteiger partial charge in [-0.2, -0.15) is 0 Å². The number of carbonyl (C=O) groups excluding carboxylic acids is 1. The summed E-state index contributed by atoms with van der Waals surface area (Å²) in [6, 6.07) is -0.615. The van der Waals surface area contributed by atoms with Gasteiger partial charge in [0.15, 0.2) is 0 Å². The van der Waals surface area contributed by atoms with Gasteiger partial charge in [-0.15, -0.1) is 6.42 Å². The van der Waals surface area contributed by atoms with E-state index in [9.17, 15) is 9.59 Å². The van der Waals surface area contributed by atoms with Crippen LogP contribution in [0.15, 0.2) is 0 Å². The molecule has 0 aliphatic heterocycles. The number of carbonyl (C=O) groups is 2. The third-order valence-electron chi connectivity index (χ3n) is 2.37. The van der Waals surface area contributed by atoms with Gasteiger partial charge in [-0.05, 0) is 12.8 Å². The number of amides is 2. The minimum absolute atomic E-state index is 0.267.